The number of H-pyrrole nitrogens is 1. The topological polar surface area (TPSA) is 70.7 Å². The Balaban J connectivity index is 2.14. The molecular weight excluding hydrogens is 235 g/mol. The molecule has 6 heteroatoms. The van der Waals surface area contributed by atoms with Crippen LogP contribution in [0.5, 0.6) is 0 Å². The first-order valence-electron chi connectivity index (χ1n) is 5.63. The van der Waals surface area contributed by atoms with Crippen molar-refractivity contribution in [3.05, 3.63) is 48.1 Å². The van der Waals surface area contributed by atoms with E-state index in [1.807, 2.05) is 6.92 Å². The molecular formula is C12H13FN4O. The van der Waals surface area contributed by atoms with Gasteiger partial charge >= 0.3 is 0 Å². The highest BCUT2D eigenvalue weighted by Crippen LogP contribution is 2.13. The van der Waals surface area contributed by atoms with Crippen LogP contribution in [0.3, 0.4) is 0 Å². The number of nitrogens with one attached hydrogen (secondary N) is 2. The lowest BCUT2D eigenvalue weighted by Crippen LogP contribution is -2.29. The third-order valence-electron chi connectivity index (χ3n) is 2.57. The van der Waals surface area contributed by atoms with Crippen LogP contribution in [-0.4, -0.2) is 20.9 Å². The van der Waals surface area contributed by atoms with Crippen molar-refractivity contribution in [1.29, 1.82) is 0 Å². The van der Waals surface area contributed by atoms with Crippen LogP contribution < -0.4 is 5.32 Å². The molecule has 18 heavy (non-hydrogen) atoms. The average Bonchev–Trinajstić information content (AvgIpc) is 2.90. The molecule has 2 heterocycles. The molecule has 0 spiro atoms. The van der Waals surface area contributed by atoms with Gasteiger partial charge in [0, 0.05) is 18.6 Å². The molecule has 0 aliphatic rings. The standard InChI is InChI=1S/C12H13FN4O/c1-2-9(11-15-6-7-16-11)17-12(18)8-4-3-5-14-10(8)13/h3-7,9H,2H2,1H3,(H,15,16)(H,17,18). The number of amides is 1. The number of carbonyl (C=O) groups excluding carboxylic acids is 1. The van der Waals surface area contributed by atoms with Crippen LogP contribution in [0.1, 0.15) is 35.6 Å². The Morgan fingerprint density at radius 1 is 1.50 bits per heavy atom. The lowest BCUT2D eigenvalue weighted by atomic mass is 10.2. The number of aromatic nitrogens is 3. The van der Waals surface area contributed by atoms with Gasteiger partial charge < -0.3 is 10.3 Å². The van der Waals surface area contributed by atoms with Crippen LogP contribution >= 0.6 is 0 Å². The normalized spacial score (nSPS) is 12.1. The molecule has 0 aliphatic heterocycles. The number of halogens is 1. The van der Waals surface area contributed by atoms with Crippen LogP contribution in [0.2, 0.25) is 0 Å². The second-order valence-corrected chi connectivity index (χ2v) is 3.75. The first kappa shape index (κ1) is 12.2. The fourth-order valence-electron chi connectivity index (χ4n) is 1.62. The summed E-state index contributed by atoms with van der Waals surface area (Å²) in [6.45, 7) is 1.91. The number of pyridine rings is 1. The van der Waals surface area contributed by atoms with E-state index in [0.717, 1.165) is 0 Å². The zero-order valence-corrected chi connectivity index (χ0v) is 9.85. The van der Waals surface area contributed by atoms with E-state index in [2.05, 4.69) is 20.3 Å². The Bertz CT molecular complexity index is 527. The quantitative estimate of drug-likeness (QED) is 0.811. The summed E-state index contributed by atoms with van der Waals surface area (Å²) in [7, 11) is 0. The lowest BCUT2D eigenvalue weighted by molar-refractivity contribution is 0.0929. The number of hydrogen-bond acceptors (Lipinski definition) is 3. The zero-order chi connectivity index (χ0) is 13.0. The number of hydrogen-bond donors (Lipinski definition) is 2. The highest BCUT2D eigenvalue weighted by atomic mass is 19.1. The molecule has 0 aliphatic carbocycles. The fraction of sp³-hybridized carbons (Fsp3) is 0.250. The van der Waals surface area contributed by atoms with Crippen LogP contribution in [0.15, 0.2) is 30.7 Å². The second kappa shape index (κ2) is 5.39. The summed E-state index contributed by atoms with van der Waals surface area (Å²) in [5.74, 6) is -0.622. The zero-order valence-electron chi connectivity index (χ0n) is 9.85. The summed E-state index contributed by atoms with van der Waals surface area (Å²) in [6, 6.07) is 2.64. The van der Waals surface area contributed by atoms with Gasteiger partial charge in [-0.25, -0.2) is 9.97 Å². The Hall–Kier alpha value is -2.24. The van der Waals surface area contributed by atoms with Crippen molar-refractivity contribution in [1.82, 2.24) is 20.3 Å². The van der Waals surface area contributed by atoms with Crippen molar-refractivity contribution in [2.75, 3.05) is 0 Å². The van der Waals surface area contributed by atoms with Crippen molar-refractivity contribution in [3.8, 4) is 0 Å². The SMILES string of the molecule is CCC(NC(=O)c1cccnc1F)c1ncc[nH]1. The van der Waals surface area contributed by atoms with Crippen molar-refractivity contribution < 1.29 is 9.18 Å². The van der Waals surface area contributed by atoms with E-state index in [9.17, 15) is 9.18 Å². The molecule has 2 aromatic rings. The summed E-state index contributed by atoms with van der Waals surface area (Å²) in [4.78, 5) is 22.3. The lowest BCUT2D eigenvalue weighted by Gasteiger charge is -2.14. The van der Waals surface area contributed by atoms with E-state index in [4.69, 9.17) is 0 Å². The molecule has 1 amide bonds. The van der Waals surface area contributed by atoms with Crippen molar-refractivity contribution in [2.24, 2.45) is 0 Å². The molecule has 1 unspecified atom stereocenters. The van der Waals surface area contributed by atoms with Crippen molar-refractivity contribution in [2.45, 2.75) is 19.4 Å². The minimum Gasteiger partial charge on any atom is -0.347 e. The first-order chi connectivity index (χ1) is 8.72. The van der Waals surface area contributed by atoms with Crippen molar-refractivity contribution >= 4 is 5.91 Å². The average molecular weight is 248 g/mol. The molecule has 0 aromatic carbocycles. The Morgan fingerprint density at radius 3 is 2.94 bits per heavy atom. The number of aromatic amines is 1. The molecule has 2 rings (SSSR count). The third-order valence-corrected chi connectivity index (χ3v) is 2.57. The maximum Gasteiger partial charge on any atom is 0.256 e. The largest absolute Gasteiger partial charge is 0.347 e. The van der Waals surface area contributed by atoms with E-state index < -0.39 is 11.9 Å². The predicted octanol–water partition coefficient (Wildman–Crippen LogP) is 1.82. The van der Waals surface area contributed by atoms with E-state index in [1.54, 1.807) is 12.4 Å². The van der Waals surface area contributed by atoms with Gasteiger partial charge in [-0.1, -0.05) is 6.92 Å². The monoisotopic (exact) mass is 248 g/mol. The Morgan fingerprint density at radius 2 is 2.33 bits per heavy atom. The second-order valence-electron chi connectivity index (χ2n) is 3.75. The van der Waals surface area contributed by atoms with E-state index in [1.165, 1.54) is 18.3 Å². The van der Waals surface area contributed by atoms with Gasteiger partial charge in [-0.3, -0.25) is 4.79 Å². The van der Waals surface area contributed by atoms with Crippen LogP contribution in [0, 0.1) is 5.95 Å². The number of carbonyl (C=O) groups is 1. The van der Waals surface area contributed by atoms with Gasteiger partial charge in [0.15, 0.2) is 0 Å². The molecule has 0 saturated carbocycles. The Kier molecular flexibility index (Phi) is 3.66. The van der Waals surface area contributed by atoms with Gasteiger partial charge in [0.2, 0.25) is 5.95 Å². The van der Waals surface area contributed by atoms with Gasteiger partial charge in [-0.15, -0.1) is 0 Å². The molecule has 0 fully saturated rings. The maximum absolute atomic E-state index is 13.3. The maximum atomic E-state index is 13.3. The summed E-state index contributed by atoms with van der Waals surface area (Å²) in [6.07, 6.45) is 5.24. The highest BCUT2D eigenvalue weighted by molar-refractivity contribution is 5.94. The van der Waals surface area contributed by atoms with Gasteiger partial charge in [0.05, 0.1) is 11.6 Å². The molecule has 5 nitrogen and oxygen atoms in total. The van der Waals surface area contributed by atoms with Gasteiger partial charge in [0.1, 0.15) is 5.82 Å². The molecule has 2 aromatic heterocycles. The van der Waals surface area contributed by atoms with E-state index >= 15 is 0 Å². The smallest absolute Gasteiger partial charge is 0.256 e. The van der Waals surface area contributed by atoms with Gasteiger partial charge in [-0.05, 0) is 18.6 Å². The van der Waals surface area contributed by atoms with Gasteiger partial charge in [0.25, 0.3) is 5.91 Å². The summed E-state index contributed by atoms with van der Waals surface area (Å²) >= 11 is 0. The molecule has 94 valence electrons. The molecule has 0 radical (unpaired) electrons. The summed E-state index contributed by atoms with van der Waals surface area (Å²) in [5, 5.41) is 2.71. The van der Waals surface area contributed by atoms with Gasteiger partial charge in [-0.2, -0.15) is 4.39 Å². The van der Waals surface area contributed by atoms with Crippen molar-refractivity contribution in [3.63, 3.8) is 0 Å². The molecule has 0 saturated heterocycles. The van der Waals surface area contributed by atoms with Crippen LogP contribution in [0.25, 0.3) is 0 Å². The molecule has 2 N–H and O–H groups in total. The van der Waals surface area contributed by atoms with E-state index in [-0.39, 0.29) is 11.6 Å². The summed E-state index contributed by atoms with van der Waals surface area (Å²) < 4.78 is 13.3. The van der Waals surface area contributed by atoms with E-state index in [0.29, 0.717) is 12.2 Å². The van der Waals surface area contributed by atoms with Crippen LogP contribution in [0.4, 0.5) is 4.39 Å². The number of rotatable bonds is 4. The molecule has 0 bridgehead atoms. The fourth-order valence-corrected chi connectivity index (χ4v) is 1.62. The molecule has 1 atom stereocenters. The van der Waals surface area contributed by atoms with Crippen LogP contribution in [-0.2, 0) is 0 Å². The predicted molar refractivity (Wildman–Crippen MR) is 63.3 cm³/mol. The number of nitrogens with zero attached hydrogens (tertiary/aromatic N) is 2. The minimum absolute atomic E-state index is 0.0671. The summed E-state index contributed by atoms with van der Waals surface area (Å²) in [5.41, 5.74) is -0.0671. The number of imidazole rings is 1. The minimum atomic E-state index is -0.774. The first-order valence-corrected chi connectivity index (χ1v) is 5.63. The Labute approximate surface area is 103 Å². The highest BCUT2D eigenvalue weighted by Gasteiger charge is 2.18. The third kappa shape index (κ3) is 2.53.